The highest BCUT2D eigenvalue weighted by molar-refractivity contribution is 7.47. The van der Waals surface area contributed by atoms with E-state index >= 15 is 0 Å². The maximum absolute atomic E-state index is 12.8. The summed E-state index contributed by atoms with van der Waals surface area (Å²) in [4.78, 5) is 35.7. The van der Waals surface area contributed by atoms with E-state index in [2.05, 4.69) is 13.8 Å². The van der Waals surface area contributed by atoms with Crippen molar-refractivity contribution in [1.29, 1.82) is 0 Å². The second kappa shape index (κ2) is 40.0. The van der Waals surface area contributed by atoms with Gasteiger partial charge in [0.15, 0.2) is 6.10 Å². The number of aliphatic hydroxyl groups excluding tert-OH is 5. The van der Waals surface area contributed by atoms with E-state index in [0.717, 1.165) is 38.5 Å². The lowest BCUT2D eigenvalue weighted by atomic mass is 9.85. The van der Waals surface area contributed by atoms with Gasteiger partial charge in [-0.3, -0.25) is 18.6 Å². The van der Waals surface area contributed by atoms with Crippen molar-refractivity contribution in [2.24, 2.45) is 0 Å². The number of carbonyl (C=O) groups excluding carboxylic acids is 2. The third-order valence-electron chi connectivity index (χ3n) is 12.4. The lowest BCUT2D eigenvalue weighted by Crippen LogP contribution is -2.64. The number of hydrogen-bond acceptors (Lipinski definition) is 12. The fourth-order valence-electron chi connectivity index (χ4n) is 8.29. The predicted molar refractivity (Wildman–Crippen MR) is 249 cm³/mol. The van der Waals surface area contributed by atoms with Crippen LogP contribution in [0.5, 0.6) is 0 Å². The molecule has 0 heterocycles. The number of esters is 2. The Bertz CT molecular complexity index is 1110. The van der Waals surface area contributed by atoms with Gasteiger partial charge in [0.2, 0.25) is 0 Å². The van der Waals surface area contributed by atoms with Crippen LogP contribution in [-0.4, -0.2) is 98.3 Å². The second-order valence-electron chi connectivity index (χ2n) is 18.4. The molecule has 0 saturated heterocycles. The molecular weight excluding hydrogens is 828 g/mol. The molecule has 0 aromatic rings. The van der Waals surface area contributed by atoms with Crippen molar-refractivity contribution in [2.75, 3.05) is 13.2 Å². The lowest BCUT2D eigenvalue weighted by molar-refractivity contribution is -0.220. The summed E-state index contributed by atoms with van der Waals surface area (Å²) >= 11 is 0. The molecule has 0 radical (unpaired) electrons. The van der Waals surface area contributed by atoms with Gasteiger partial charge in [0.1, 0.15) is 43.2 Å². The number of phosphoric acid groups is 1. The molecular formula is C49H95O13P. The minimum atomic E-state index is -5.11. The number of carbonyl (C=O) groups is 2. The highest BCUT2D eigenvalue weighted by atomic mass is 31.2. The van der Waals surface area contributed by atoms with Gasteiger partial charge in [-0.25, -0.2) is 4.57 Å². The summed E-state index contributed by atoms with van der Waals surface area (Å²) in [6.45, 7) is 3.33. The Hall–Kier alpha value is -1.15. The number of unbranched alkanes of at least 4 members (excludes halogenated alkanes) is 32. The minimum Gasteiger partial charge on any atom is -0.462 e. The maximum atomic E-state index is 12.8. The Kier molecular flexibility index (Phi) is 38.0. The molecule has 13 nitrogen and oxygen atoms in total. The molecule has 1 rings (SSSR count). The molecule has 63 heavy (non-hydrogen) atoms. The van der Waals surface area contributed by atoms with Crippen molar-refractivity contribution in [3.05, 3.63) is 0 Å². The smallest absolute Gasteiger partial charge is 0.462 e. The normalized spacial score (nSPS) is 21.6. The monoisotopic (exact) mass is 923 g/mol. The van der Waals surface area contributed by atoms with Gasteiger partial charge in [-0.1, -0.05) is 219 Å². The summed E-state index contributed by atoms with van der Waals surface area (Å²) in [5, 5.41) is 50.2. The van der Waals surface area contributed by atoms with E-state index < -0.39 is 75.7 Å². The van der Waals surface area contributed by atoms with Crippen LogP contribution in [0.2, 0.25) is 0 Å². The zero-order valence-corrected chi connectivity index (χ0v) is 40.8. The fourth-order valence-corrected chi connectivity index (χ4v) is 9.26. The van der Waals surface area contributed by atoms with Gasteiger partial charge >= 0.3 is 19.8 Å². The van der Waals surface area contributed by atoms with Gasteiger partial charge in [0, 0.05) is 12.8 Å². The number of phosphoric ester groups is 1. The molecule has 0 spiro atoms. The standard InChI is InChI=1S/C49H95O13P/c1-3-5-7-9-11-13-15-16-17-18-19-20-21-22-23-24-25-26-28-30-32-34-36-38-43(51)61-41(39-59-42(50)37-35-33-31-29-27-14-12-10-8-6-4-2)40-60-63(57,58)62-49-47(55)45(53)44(52)46(54)48(49)56/h41,44-49,52-56H,3-40H2,1-2H3,(H,57,58). The summed E-state index contributed by atoms with van der Waals surface area (Å²) in [5.41, 5.74) is 0. The van der Waals surface area contributed by atoms with Crippen LogP contribution in [0.15, 0.2) is 0 Å². The zero-order chi connectivity index (χ0) is 46.4. The van der Waals surface area contributed by atoms with Crippen molar-refractivity contribution in [3.63, 3.8) is 0 Å². The van der Waals surface area contributed by atoms with E-state index in [1.165, 1.54) is 167 Å². The average Bonchev–Trinajstić information content (AvgIpc) is 3.26. The number of hydrogen-bond donors (Lipinski definition) is 6. The van der Waals surface area contributed by atoms with Gasteiger partial charge in [0.25, 0.3) is 0 Å². The maximum Gasteiger partial charge on any atom is 0.472 e. The summed E-state index contributed by atoms with van der Waals surface area (Å²) in [6, 6.07) is 0. The Morgan fingerprint density at radius 1 is 0.429 bits per heavy atom. The minimum absolute atomic E-state index is 0.105. The first-order valence-electron chi connectivity index (χ1n) is 25.8. The predicted octanol–water partition coefficient (Wildman–Crippen LogP) is 10.8. The first-order chi connectivity index (χ1) is 30.4. The van der Waals surface area contributed by atoms with Crippen LogP contribution in [0.4, 0.5) is 0 Å². The molecule has 6 atom stereocenters. The molecule has 6 N–H and O–H groups in total. The van der Waals surface area contributed by atoms with Gasteiger partial charge < -0.3 is 39.9 Å². The highest BCUT2D eigenvalue weighted by Gasteiger charge is 2.51. The molecule has 14 heteroatoms. The molecule has 0 aliphatic heterocycles. The quantitative estimate of drug-likeness (QED) is 0.0191. The number of ether oxygens (including phenoxy) is 2. The van der Waals surface area contributed by atoms with E-state index in [9.17, 15) is 44.6 Å². The number of aliphatic hydroxyl groups is 5. The third-order valence-corrected chi connectivity index (χ3v) is 13.4. The molecule has 0 bridgehead atoms. The highest BCUT2D eigenvalue weighted by Crippen LogP contribution is 2.47. The summed E-state index contributed by atoms with van der Waals surface area (Å²) in [6.07, 6.45) is 28.8. The molecule has 0 amide bonds. The van der Waals surface area contributed by atoms with Crippen LogP contribution in [-0.2, 0) is 32.7 Å². The molecule has 1 fully saturated rings. The Labute approximate surface area is 382 Å². The van der Waals surface area contributed by atoms with Crippen LogP contribution in [0.3, 0.4) is 0 Å². The van der Waals surface area contributed by atoms with Crippen LogP contribution >= 0.6 is 7.82 Å². The Balaban J connectivity index is 2.32. The molecule has 0 aromatic carbocycles. The fraction of sp³-hybridized carbons (Fsp3) is 0.959. The Morgan fingerprint density at radius 3 is 1.05 bits per heavy atom. The summed E-state index contributed by atoms with van der Waals surface area (Å²) < 4.78 is 33.6. The van der Waals surface area contributed by atoms with E-state index in [4.69, 9.17) is 18.5 Å². The van der Waals surface area contributed by atoms with Gasteiger partial charge in [-0.05, 0) is 12.8 Å². The molecule has 1 aliphatic carbocycles. The molecule has 374 valence electrons. The summed E-state index contributed by atoms with van der Waals surface area (Å²) in [7, 11) is -5.11. The van der Waals surface area contributed by atoms with Crippen molar-refractivity contribution in [3.8, 4) is 0 Å². The average molecular weight is 923 g/mol. The molecule has 1 aliphatic rings. The van der Waals surface area contributed by atoms with Crippen LogP contribution in [0, 0.1) is 0 Å². The van der Waals surface area contributed by atoms with E-state index in [-0.39, 0.29) is 12.8 Å². The van der Waals surface area contributed by atoms with Gasteiger partial charge in [-0.15, -0.1) is 0 Å². The van der Waals surface area contributed by atoms with Crippen LogP contribution in [0.25, 0.3) is 0 Å². The van der Waals surface area contributed by atoms with Crippen LogP contribution < -0.4 is 0 Å². The first kappa shape index (κ1) is 59.9. The number of rotatable bonds is 44. The summed E-state index contributed by atoms with van der Waals surface area (Å²) in [5.74, 6) is -1.08. The first-order valence-corrected chi connectivity index (χ1v) is 27.3. The van der Waals surface area contributed by atoms with E-state index in [0.29, 0.717) is 12.8 Å². The molecule has 0 aromatic heterocycles. The second-order valence-corrected chi connectivity index (χ2v) is 19.8. The van der Waals surface area contributed by atoms with E-state index in [1.54, 1.807) is 0 Å². The van der Waals surface area contributed by atoms with E-state index in [1.807, 2.05) is 0 Å². The van der Waals surface area contributed by atoms with Gasteiger partial charge in [-0.2, -0.15) is 0 Å². The van der Waals surface area contributed by atoms with Crippen molar-refractivity contribution in [1.82, 2.24) is 0 Å². The SMILES string of the molecule is CCCCCCCCCCCCCCCCCCCCCCCCCC(=O)OC(COC(=O)CCCCCCCCCCCCC)COP(=O)(O)OC1C(O)C(O)C(O)C(O)C1O. The van der Waals surface area contributed by atoms with Crippen molar-refractivity contribution in [2.45, 2.75) is 288 Å². The molecule has 6 unspecified atom stereocenters. The van der Waals surface area contributed by atoms with Crippen LogP contribution in [0.1, 0.15) is 245 Å². The van der Waals surface area contributed by atoms with Crippen molar-refractivity contribution < 1.29 is 63.1 Å². The zero-order valence-electron chi connectivity index (χ0n) is 39.9. The van der Waals surface area contributed by atoms with Crippen molar-refractivity contribution >= 4 is 19.8 Å². The third kappa shape index (κ3) is 32.2. The Morgan fingerprint density at radius 2 is 0.714 bits per heavy atom. The lowest BCUT2D eigenvalue weighted by Gasteiger charge is -2.41. The van der Waals surface area contributed by atoms with Gasteiger partial charge in [0.05, 0.1) is 6.61 Å². The molecule has 1 saturated carbocycles. The largest absolute Gasteiger partial charge is 0.472 e. The topological polar surface area (TPSA) is 210 Å².